The smallest absolute Gasteiger partial charge is 0.219 e. The van der Waals surface area contributed by atoms with Crippen LogP contribution in [0.1, 0.15) is 23.6 Å². The van der Waals surface area contributed by atoms with Gasteiger partial charge in [0.2, 0.25) is 5.88 Å². The topological polar surface area (TPSA) is 48.1 Å². The van der Waals surface area contributed by atoms with Gasteiger partial charge in [0.1, 0.15) is 5.75 Å². The summed E-state index contributed by atoms with van der Waals surface area (Å²) in [6.07, 6.45) is 2.65. The van der Waals surface area contributed by atoms with E-state index in [0.717, 1.165) is 17.7 Å². The maximum absolute atomic E-state index is 5.76. The molecule has 2 aromatic rings. The Morgan fingerprint density at radius 3 is 2.53 bits per heavy atom. The van der Waals surface area contributed by atoms with Gasteiger partial charge in [-0.15, -0.1) is 0 Å². The number of nitrogens with zero attached hydrogens (tertiary/aromatic N) is 1. The highest BCUT2D eigenvalue weighted by Gasteiger charge is 2.02. The molecule has 0 fully saturated rings. The number of pyridine rings is 1. The molecule has 19 heavy (non-hydrogen) atoms. The van der Waals surface area contributed by atoms with E-state index in [1.54, 1.807) is 0 Å². The normalized spacial score (nSPS) is 12.2. The van der Waals surface area contributed by atoms with Crippen molar-refractivity contribution in [1.29, 1.82) is 0 Å². The zero-order valence-electron chi connectivity index (χ0n) is 11.7. The van der Waals surface area contributed by atoms with Crippen molar-refractivity contribution < 1.29 is 4.74 Å². The molecule has 1 aromatic carbocycles. The highest BCUT2D eigenvalue weighted by Crippen LogP contribution is 2.22. The lowest BCUT2D eigenvalue weighted by atomic mass is 10.1. The highest BCUT2D eigenvalue weighted by molar-refractivity contribution is 5.36. The zero-order valence-corrected chi connectivity index (χ0v) is 11.7. The van der Waals surface area contributed by atoms with Crippen molar-refractivity contribution >= 4 is 0 Å². The molecule has 0 spiro atoms. The molecule has 0 amide bonds. The van der Waals surface area contributed by atoms with E-state index in [-0.39, 0.29) is 6.04 Å². The fourth-order valence-electron chi connectivity index (χ4n) is 1.86. The van der Waals surface area contributed by atoms with Crippen LogP contribution in [-0.2, 0) is 6.42 Å². The van der Waals surface area contributed by atoms with Crippen LogP contribution in [0.2, 0.25) is 0 Å². The Kier molecular flexibility index (Phi) is 4.17. The fourth-order valence-corrected chi connectivity index (χ4v) is 1.86. The molecule has 0 radical (unpaired) electrons. The molecular weight excluding hydrogens is 236 g/mol. The van der Waals surface area contributed by atoms with Crippen LogP contribution in [0.4, 0.5) is 0 Å². The molecule has 0 bridgehead atoms. The summed E-state index contributed by atoms with van der Waals surface area (Å²) < 4.78 is 5.73. The van der Waals surface area contributed by atoms with Gasteiger partial charge in [-0.2, -0.15) is 0 Å². The second-order valence-corrected chi connectivity index (χ2v) is 5.03. The molecule has 1 atom stereocenters. The minimum absolute atomic E-state index is 0.147. The van der Waals surface area contributed by atoms with Crippen molar-refractivity contribution in [3.8, 4) is 11.6 Å². The molecule has 3 heteroatoms. The number of benzene rings is 1. The van der Waals surface area contributed by atoms with Gasteiger partial charge in [0.05, 0.1) is 0 Å². The average Bonchev–Trinajstić information content (AvgIpc) is 2.36. The first-order valence-corrected chi connectivity index (χ1v) is 6.50. The van der Waals surface area contributed by atoms with Crippen molar-refractivity contribution in [3.63, 3.8) is 0 Å². The SMILES string of the molecule is Cc1ccc(Oc2ccc(CC(C)N)cn2)cc1C. The van der Waals surface area contributed by atoms with Crippen molar-refractivity contribution in [2.24, 2.45) is 5.73 Å². The monoisotopic (exact) mass is 256 g/mol. The highest BCUT2D eigenvalue weighted by atomic mass is 16.5. The number of rotatable bonds is 4. The molecular formula is C16H20N2O. The lowest BCUT2D eigenvalue weighted by Crippen LogP contribution is -2.17. The van der Waals surface area contributed by atoms with Crippen molar-refractivity contribution in [2.45, 2.75) is 33.2 Å². The molecule has 2 N–H and O–H groups in total. The maximum atomic E-state index is 5.76. The third-order valence-corrected chi connectivity index (χ3v) is 3.06. The molecule has 1 aromatic heterocycles. The van der Waals surface area contributed by atoms with E-state index >= 15 is 0 Å². The van der Waals surface area contributed by atoms with E-state index in [1.807, 2.05) is 37.4 Å². The molecule has 0 saturated carbocycles. The summed E-state index contributed by atoms with van der Waals surface area (Å²) >= 11 is 0. The van der Waals surface area contributed by atoms with Crippen LogP contribution in [0.25, 0.3) is 0 Å². The quantitative estimate of drug-likeness (QED) is 0.912. The molecule has 0 aliphatic heterocycles. The molecule has 3 nitrogen and oxygen atoms in total. The van der Waals surface area contributed by atoms with Crippen molar-refractivity contribution in [2.75, 3.05) is 0 Å². The summed E-state index contributed by atoms with van der Waals surface area (Å²) in [6.45, 7) is 6.14. The van der Waals surface area contributed by atoms with Crippen LogP contribution in [0.5, 0.6) is 11.6 Å². The number of aromatic nitrogens is 1. The minimum Gasteiger partial charge on any atom is -0.439 e. The van der Waals surface area contributed by atoms with E-state index in [0.29, 0.717) is 5.88 Å². The first kappa shape index (κ1) is 13.6. The summed E-state index contributed by atoms with van der Waals surface area (Å²) in [6, 6.07) is 10.1. The molecule has 2 rings (SSSR count). The van der Waals surface area contributed by atoms with Crippen LogP contribution in [0, 0.1) is 13.8 Å². The number of hydrogen-bond acceptors (Lipinski definition) is 3. The summed E-state index contributed by atoms with van der Waals surface area (Å²) in [5.41, 5.74) is 9.36. The summed E-state index contributed by atoms with van der Waals surface area (Å²) in [5.74, 6) is 1.42. The first-order valence-electron chi connectivity index (χ1n) is 6.50. The van der Waals surface area contributed by atoms with Crippen LogP contribution in [0.15, 0.2) is 36.5 Å². The summed E-state index contributed by atoms with van der Waals surface area (Å²) in [7, 11) is 0. The molecule has 0 saturated heterocycles. The fraction of sp³-hybridized carbons (Fsp3) is 0.312. The van der Waals surface area contributed by atoms with Gasteiger partial charge in [0, 0.05) is 18.3 Å². The summed E-state index contributed by atoms with van der Waals surface area (Å²) in [4.78, 5) is 4.30. The molecule has 1 unspecified atom stereocenters. The predicted octanol–water partition coefficient (Wildman–Crippen LogP) is 3.38. The van der Waals surface area contributed by atoms with Gasteiger partial charge in [-0.05, 0) is 56.0 Å². The van der Waals surface area contributed by atoms with Gasteiger partial charge >= 0.3 is 0 Å². The Morgan fingerprint density at radius 1 is 1.16 bits per heavy atom. The van der Waals surface area contributed by atoms with E-state index in [4.69, 9.17) is 10.5 Å². The Labute approximate surface area is 114 Å². The molecule has 0 aliphatic carbocycles. The standard InChI is InChI=1S/C16H20N2O/c1-11-4-6-15(8-12(11)2)19-16-7-5-14(10-18-16)9-13(3)17/h4-8,10,13H,9,17H2,1-3H3. The predicted molar refractivity (Wildman–Crippen MR) is 77.6 cm³/mol. The van der Waals surface area contributed by atoms with Crippen LogP contribution < -0.4 is 10.5 Å². The number of hydrogen-bond donors (Lipinski definition) is 1. The molecule has 1 heterocycles. The van der Waals surface area contributed by atoms with Gasteiger partial charge in [0.15, 0.2) is 0 Å². The number of aryl methyl sites for hydroxylation is 2. The number of nitrogens with two attached hydrogens (primary N) is 1. The first-order chi connectivity index (χ1) is 9.04. The molecule has 100 valence electrons. The Bertz CT molecular complexity index is 547. The van der Waals surface area contributed by atoms with E-state index in [2.05, 4.69) is 24.9 Å². The Balaban J connectivity index is 2.08. The van der Waals surface area contributed by atoms with E-state index in [1.165, 1.54) is 11.1 Å². The van der Waals surface area contributed by atoms with Gasteiger partial charge in [-0.3, -0.25) is 0 Å². The molecule has 0 aliphatic rings. The van der Waals surface area contributed by atoms with Crippen LogP contribution in [0.3, 0.4) is 0 Å². The van der Waals surface area contributed by atoms with Gasteiger partial charge < -0.3 is 10.5 Å². The number of ether oxygens (including phenoxy) is 1. The van der Waals surface area contributed by atoms with Crippen LogP contribution >= 0.6 is 0 Å². The Hall–Kier alpha value is -1.87. The maximum Gasteiger partial charge on any atom is 0.219 e. The second-order valence-electron chi connectivity index (χ2n) is 5.03. The Morgan fingerprint density at radius 2 is 1.95 bits per heavy atom. The minimum atomic E-state index is 0.147. The largest absolute Gasteiger partial charge is 0.439 e. The summed E-state index contributed by atoms with van der Waals surface area (Å²) in [5, 5.41) is 0. The third kappa shape index (κ3) is 3.80. The lowest BCUT2D eigenvalue weighted by Gasteiger charge is -2.08. The van der Waals surface area contributed by atoms with Crippen molar-refractivity contribution in [3.05, 3.63) is 53.2 Å². The zero-order chi connectivity index (χ0) is 13.8. The van der Waals surface area contributed by atoms with Crippen LogP contribution in [-0.4, -0.2) is 11.0 Å². The van der Waals surface area contributed by atoms with Crippen molar-refractivity contribution in [1.82, 2.24) is 4.98 Å². The van der Waals surface area contributed by atoms with Gasteiger partial charge in [0.25, 0.3) is 0 Å². The third-order valence-electron chi connectivity index (χ3n) is 3.06. The van der Waals surface area contributed by atoms with E-state index in [9.17, 15) is 0 Å². The lowest BCUT2D eigenvalue weighted by molar-refractivity contribution is 0.462. The van der Waals surface area contributed by atoms with E-state index < -0.39 is 0 Å². The second kappa shape index (κ2) is 5.85. The van der Waals surface area contributed by atoms with Gasteiger partial charge in [-0.25, -0.2) is 4.98 Å². The average molecular weight is 256 g/mol. The van der Waals surface area contributed by atoms with Gasteiger partial charge in [-0.1, -0.05) is 12.1 Å².